The molecular formula is C17H18FN7OS. The van der Waals surface area contributed by atoms with E-state index >= 15 is 0 Å². The fourth-order valence-corrected chi connectivity index (χ4v) is 3.56. The number of thioether (sulfide) groups is 1. The van der Waals surface area contributed by atoms with E-state index in [4.69, 9.17) is 0 Å². The van der Waals surface area contributed by atoms with Gasteiger partial charge < -0.3 is 9.88 Å². The monoisotopic (exact) mass is 387 g/mol. The average Bonchev–Trinajstić information content (AvgIpc) is 3.24. The fourth-order valence-electron chi connectivity index (χ4n) is 2.81. The van der Waals surface area contributed by atoms with E-state index in [0.29, 0.717) is 22.6 Å². The summed E-state index contributed by atoms with van der Waals surface area (Å²) in [6, 6.07) is 6.03. The topological polar surface area (TPSA) is 90.5 Å². The third kappa shape index (κ3) is 3.85. The first-order valence-electron chi connectivity index (χ1n) is 8.55. The number of aromatic nitrogens is 6. The second-order valence-electron chi connectivity index (χ2n) is 6.34. The molecule has 1 N–H and O–H groups in total. The van der Waals surface area contributed by atoms with Crippen molar-refractivity contribution in [3.63, 3.8) is 0 Å². The van der Waals surface area contributed by atoms with Crippen LogP contribution < -0.4 is 5.32 Å². The smallest absolute Gasteiger partial charge is 0.231 e. The number of benzene rings is 1. The van der Waals surface area contributed by atoms with E-state index in [1.807, 2.05) is 0 Å². The van der Waals surface area contributed by atoms with Crippen LogP contribution in [0.3, 0.4) is 0 Å². The molecule has 1 saturated carbocycles. The molecular weight excluding hydrogens is 369 g/mol. The maximum Gasteiger partial charge on any atom is 0.231 e. The number of nitrogens with one attached hydrogen (secondary N) is 1. The first-order valence-corrected chi connectivity index (χ1v) is 9.53. The van der Waals surface area contributed by atoms with Crippen molar-refractivity contribution in [1.82, 2.24) is 35.1 Å². The van der Waals surface area contributed by atoms with Crippen LogP contribution >= 0.6 is 11.8 Å². The lowest BCUT2D eigenvalue weighted by molar-refractivity contribution is -0.119. The van der Waals surface area contributed by atoms with Crippen molar-refractivity contribution < 1.29 is 9.18 Å². The first-order chi connectivity index (χ1) is 13.1. The minimum absolute atomic E-state index is 0.127. The summed E-state index contributed by atoms with van der Waals surface area (Å²) in [5.41, 5.74) is 0.368. The second kappa shape index (κ2) is 7.47. The predicted octanol–water partition coefficient (Wildman–Crippen LogP) is 1.88. The Morgan fingerprint density at radius 1 is 1.41 bits per heavy atom. The number of amides is 1. The van der Waals surface area contributed by atoms with E-state index in [9.17, 15) is 9.18 Å². The van der Waals surface area contributed by atoms with Crippen molar-refractivity contribution >= 4 is 17.7 Å². The predicted molar refractivity (Wildman–Crippen MR) is 96.4 cm³/mol. The Bertz CT molecular complexity index is 952. The van der Waals surface area contributed by atoms with Gasteiger partial charge in [0.25, 0.3) is 0 Å². The van der Waals surface area contributed by atoms with Crippen LogP contribution in [0.25, 0.3) is 0 Å². The van der Waals surface area contributed by atoms with Crippen molar-refractivity contribution in [2.24, 2.45) is 7.05 Å². The van der Waals surface area contributed by atoms with E-state index in [2.05, 4.69) is 25.8 Å². The summed E-state index contributed by atoms with van der Waals surface area (Å²) < 4.78 is 17.9. The lowest BCUT2D eigenvalue weighted by Gasteiger charge is -2.19. The Labute approximate surface area is 159 Å². The van der Waals surface area contributed by atoms with E-state index in [-0.39, 0.29) is 11.7 Å². The molecule has 3 aromatic rings. The average molecular weight is 387 g/mol. The third-order valence-corrected chi connectivity index (χ3v) is 5.26. The molecule has 1 atom stereocenters. The molecule has 1 aliphatic rings. The molecule has 1 aromatic carbocycles. The second-order valence-corrected chi connectivity index (χ2v) is 7.29. The summed E-state index contributed by atoms with van der Waals surface area (Å²) in [6.07, 6.45) is 5.49. The Hall–Kier alpha value is -2.75. The van der Waals surface area contributed by atoms with Crippen LogP contribution in [0.15, 0.2) is 41.8 Å². The highest BCUT2D eigenvalue weighted by Crippen LogP contribution is 2.36. The molecule has 0 bridgehead atoms. The van der Waals surface area contributed by atoms with Gasteiger partial charge in [-0.1, -0.05) is 30.0 Å². The molecule has 1 amide bonds. The number of carbonyl (C=O) groups excluding carboxylic acids is 1. The van der Waals surface area contributed by atoms with Crippen LogP contribution in [0.1, 0.15) is 36.3 Å². The van der Waals surface area contributed by atoms with E-state index in [1.165, 1.54) is 17.8 Å². The van der Waals surface area contributed by atoms with E-state index < -0.39 is 11.9 Å². The number of nitrogens with zero attached hydrogens (tertiary/aromatic N) is 6. The molecule has 0 saturated heterocycles. The maximum absolute atomic E-state index is 14.3. The Balaban J connectivity index is 1.49. The number of imidazole rings is 1. The standard InChI is InChI=1S/C17H18FN7OS/c1-24-9-8-19-16(24)15(12-4-2-3-5-13(12)18)20-14(26)10-27-17-21-22-23-25(17)11-6-7-11/h2-5,8-9,11,15H,6-7,10H2,1H3,(H,20,26)/t15-/m1/s1. The first kappa shape index (κ1) is 17.7. The molecule has 27 heavy (non-hydrogen) atoms. The Morgan fingerprint density at radius 2 is 2.22 bits per heavy atom. The van der Waals surface area contributed by atoms with Gasteiger partial charge in [0, 0.05) is 25.0 Å². The lowest BCUT2D eigenvalue weighted by Crippen LogP contribution is -2.33. The zero-order valence-corrected chi connectivity index (χ0v) is 15.4. The highest BCUT2D eigenvalue weighted by atomic mass is 32.2. The summed E-state index contributed by atoms with van der Waals surface area (Å²) in [6.45, 7) is 0. The number of aryl methyl sites for hydroxylation is 1. The van der Waals surface area contributed by atoms with Gasteiger partial charge in [0.15, 0.2) is 0 Å². The summed E-state index contributed by atoms with van der Waals surface area (Å²) in [5, 5.41) is 15.1. The fraction of sp³-hybridized carbons (Fsp3) is 0.353. The SMILES string of the molecule is Cn1ccnc1[C@H](NC(=O)CSc1nnnn1C1CC1)c1ccccc1F. The van der Waals surface area contributed by atoms with Gasteiger partial charge in [-0.25, -0.2) is 14.1 Å². The minimum atomic E-state index is -0.682. The van der Waals surface area contributed by atoms with Crippen LogP contribution in [-0.2, 0) is 11.8 Å². The molecule has 0 spiro atoms. The Kier molecular flexibility index (Phi) is 4.88. The molecule has 2 heterocycles. The van der Waals surface area contributed by atoms with Gasteiger partial charge in [-0.3, -0.25) is 4.79 Å². The van der Waals surface area contributed by atoms with Gasteiger partial charge in [0.05, 0.1) is 11.8 Å². The summed E-state index contributed by atoms with van der Waals surface area (Å²) in [7, 11) is 1.81. The number of rotatable bonds is 7. The molecule has 4 rings (SSSR count). The number of halogens is 1. The zero-order valence-electron chi connectivity index (χ0n) is 14.6. The van der Waals surface area contributed by atoms with Crippen molar-refractivity contribution in [1.29, 1.82) is 0 Å². The lowest BCUT2D eigenvalue weighted by atomic mass is 10.1. The van der Waals surface area contributed by atoms with Crippen LogP contribution in [-0.4, -0.2) is 41.4 Å². The number of hydrogen-bond donors (Lipinski definition) is 1. The normalized spacial score (nSPS) is 14.9. The van der Waals surface area contributed by atoms with Crippen LogP contribution in [0.5, 0.6) is 0 Å². The van der Waals surface area contributed by atoms with Gasteiger partial charge in [-0.15, -0.1) is 5.10 Å². The molecule has 2 aromatic heterocycles. The van der Waals surface area contributed by atoms with E-state index in [0.717, 1.165) is 12.8 Å². The van der Waals surface area contributed by atoms with Crippen molar-refractivity contribution in [3.05, 3.63) is 53.9 Å². The van der Waals surface area contributed by atoms with Crippen LogP contribution in [0, 0.1) is 5.82 Å². The maximum atomic E-state index is 14.3. The van der Waals surface area contributed by atoms with Crippen molar-refractivity contribution in [3.8, 4) is 0 Å². The summed E-state index contributed by atoms with van der Waals surface area (Å²) in [4.78, 5) is 16.8. The van der Waals surface area contributed by atoms with Gasteiger partial charge in [0.1, 0.15) is 17.7 Å². The minimum Gasteiger partial charge on any atom is -0.341 e. The van der Waals surface area contributed by atoms with Gasteiger partial charge in [-0.05, 0) is 29.3 Å². The molecule has 8 nitrogen and oxygen atoms in total. The van der Waals surface area contributed by atoms with Gasteiger partial charge in [0.2, 0.25) is 11.1 Å². The molecule has 1 fully saturated rings. The molecule has 0 radical (unpaired) electrons. The third-order valence-electron chi connectivity index (χ3n) is 4.33. The number of carbonyl (C=O) groups is 1. The highest BCUT2D eigenvalue weighted by molar-refractivity contribution is 7.99. The van der Waals surface area contributed by atoms with Crippen molar-refractivity contribution in [2.45, 2.75) is 30.1 Å². The Morgan fingerprint density at radius 3 is 2.93 bits per heavy atom. The molecule has 0 aliphatic heterocycles. The molecule has 1 aliphatic carbocycles. The summed E-state index contributed by atoms with van der Waals surface area (Å²) >= 11 is 1.27. The molecule has 0 unspecified atom stereocenters. The number of tetrazole rings is 1. The number of hydrogen-bond acceptors (Lipinski definition) is 6. The van der Waals surface area contributed by atoms with Crippen molar-refractivity contribution in [2.75, 3.05) is 5.75 Å². The van der Waals surface area contributed by atoms with Gasteiger partial charge >= 0.3 is 0 Å². The zero-order chi connectivity index (χ0) is 18.8. The van der Waals surface area contributed by atoms with E-state index in [1.54, 1.807) is 46.9 Å². The van der Waals surface area contributed by atoms with Crippen LogP contribution in [0.2, 0.25) is 0 Å². The highest BCUT2D eigenvalue weighted by Gasteiger charge is 2.28. The largest absolute Gasteiger partial charge is 0.341 e. The molecule has 140 valence electrons. The molecule has 10 heteroatoms. The quantitative estimate of drug-likeness (QED) is 0.623. The van der Waals surface area contributed by atoms with Crippen LogP contribution in [0.4, 0.5) is 4.39 Å². The van der Waals surface area contributed by atoms with Gasteiger partial charge in [-0.2, -0.15) is 0 Å². The summed E-state index contributed by atoms with van der Waals surface area (Å²) in [5.74, 6) is 0.0432.